The quantitative estimate of drug-likeness (QED) is 0.670. The number of hydrogen-bond donors (Lipinski definition) is 1. The van der Waals surface area contributed by atoms with E-state index in [-0.39, 0.29) is 17.3 Å². The van der Waals surface area contributed by atoms with Crippen molar-refractivity contribution in [2.75, 3.05) is 5.73 Å². The van der Waals surface area contributed by atoms with Crippen molar-refractivity contribution in [3.05, 3.63) is 40.1 Å². The number of anilines is 1. The highest BCUT2D eigenvalue weighted by atomic mass is 19.4. The topological polar surface area (TPSA) is 95.2 Å². The van der Waals surface area contributed by atoms with Gasteiger partial charge < -0.3 is 10.2 Å². The summed E-state index contributed by atoms with van der Waals surface area (Å²) in [5, 5.41) is 10.6. The first-order valence-electron chi connectivity index (χ1n) is 4.86. The molecule has 19 heavy (non-hydrogen) atoms. The third-order valence-electron chi connectivity index (χ3n) is 2.26. The van der Waals surface area contributed by atoms with E-state index < -0.39 is 22.4 Å². The van der Waals surface area contributed by atoms with Crippen LogP contribution in [0.15, 0.2) is 28.8 Å². The number of nitrogens with two attached hydrogens (primary N) is 1. The van der Waals surface area contributed by atoms with Gasteiger partial charge in [0.2, 0.25) is 0 Å². The molecular weight excluding hydrogens is 267 g/mol. The van der Waals surface area contributed by atoms with Gasteiger partial charge in [0.25, 0.3) is 11.7 Å². The van der Waals surface area contributed by atoms with Gasteiger partial charge in [-0.3, -0.25) is 10.1 Å². The number of nitro benzene ring substituents is 1. The molecule has 2 aromatic rings. The minimum Gasteiger partial charge on any atom is -0.424 e. The second kappa shape index (κ2) is 4.26. The van der Waals surface area contributed by atoms with Gasteiger partial charge in [-0.2, -0.15) is 13.2 Å². The van der Waals surface area contributed by atoms with Crippen molar-refractivity contribution >= 4 is 11.7 Å². The second-order valence-corrected chi connectivity index (χ2v) is 3.59. The molecule has 100 valence electrons. The summed E-state index contributed by atoms with van der Waals surface area (Å²) >= 11 is 0. The molecule has 2 rings (SSSR count). The van der Waals surface area contributed by atoms with E-state index in [0.717, 1.165) is 18.3 Å². The SMILES string of the molecule is Nc1ncc(-c2cc([N+](=O)[O-])cc(C(F)(F)F)c2)o1. The standard InChI is InChI=1S/C10H6F3N3O3/c11-10(12,13)6-1-5(2-7(3-6)16(17)18)8-4-15-9(14)19-8/h1-4H,(H2,14,15). The molecule has 0 amide bonds. The van der Waals surface area contributed by atoms with Crippen LogP contribution >= 0.6 is 0 Å². The van der Waals surface area contributed by atoms with Gasteiger partial charge >= 0.3 is 6.18 Å². The fourth-order valence-electron chi connectivity index (χ4n) is 1.44. The Balaban J connectivity index is 2.61. The van der Waals surface area contributed by atoms with Crippen molar-refractivity contribution in [2.45, 2.75) is 6.18 Å². The lowest BCUT2D eigenvalue weighted by molar-refractivity contribution is -0.385. The van der Waals surface area contributed by atoms with Crippen molar-refractivity contribution in [3.63, 3.8) is 0 Å². The Morgan fingerprint density at radius 3 is 2.47 bits per heavy atom. The highest BCUT2D eigenvalue weighted by molar-refractivity contribution is 5.63. The van der Waals surface area contributed by atoms with Crippen molar-refractivity contribution in [3.8, 4) is 11.3 Å². The molecule has 0 spiro atoms. The van der Waals surface area contributed by atoms with Crippen molar-refractivity contribution in [1.82, 2.24) is 4.98 Å². The maximum Gasteiger partial charge on any atom is 0.416 e. The molecule has 0 saturated carbocycles. The Kier molecular flexibility index (Phi) is 2.89. The summed E-state index contributed by atoms with van der Waals surface area (Å²) in [5.41, 5.74) is 3.24. The summed E-state index contributed by atoms with van der Waals surface area (Å²) in [6.45, 7) is 0. The molecule has 0 aliphatic carbocycles. The molecule has 9 heteroatoms. The van der Waals surface area contributed by atoms with Crippen molar-refractivity contribution in [2.24, 2.45) is 0 Å². The summed E-state index contributed by atoms with van der Waals surface area (Å²) in [7, 11) is 0. The van der Waals surface area contributed by atoms with Crippen LogP contribution in [0.2, 0.25) is 0 Å². The van der Waals surface area contributed by atoms with E-state index in [4.69, 9.17) is 10.2 Å². The molecule has 6 nitrogen and oxygen atoms in total. The van der Waals surface area contributed by atoms with Crippen LogP contribution in [-0.4, -0.2) is 9.91 Å². The first-order valence-corrected chi connectivity index (χ1v) is 4.86. The number of oxazole rings is 1. The first kappa shape index (κ1) is 12.9. The Morgan fingerprint density at radius 2 is 2.00 bits per heavy atom. The minimum atomic E-state index is -4.70. The molecule has 0 aliphatic heterocycles. The average molecular weight is 273 g/mol. The number of benzene rings is 1. The number of nitrogens with zero attached hydrogens (tertiary/aromatic N) is 2. The number of halogens is 3. The Morgan fingerprint density at radius 1 is 1.32 bits per heavy atom. The summed E-state index contributed by atoms with van der Waals surface area (Å²) in [6, 6.07) is 1.89. The number of nitro groups is 1. The molecule has 1 heterocycles. The van der Waals surface area contributed by atoms with Crippen LogP contribution in [0.1, 0.15) is 5.56 Å². The number of non-ortho nitro benzene ring substituents is 1. The van der Waals surface area contributed by atoms with E-state index in [9.17, 15) is 23.3 Å². The average Bonchev–Trinajstić information content (AvgIpc) is 2.74. The van der Waals surface area contributed by atoms with Gasteiger partial charge in [-0.05, 0) is 6.07 Å². The summed E-state index contributed by atoms with van der Waals surface area (Å²) in [6.07, 6.45) is -3.61. The monoisotopic (exact) mass is 273 g/mol. The van der Waals surface area contributed by atoms with Gasteiger partial charge in [-0.15, -0.1) is 0 Å². The van der Waals surface area contributed by atoms with E-state index in [1.807, 2.05) is 0 Å². The van der Waals surface area contributed by atoms with Gasteiger partial charge in [0, 0.05) is 17.7 Å². The molecular formula is C10H6F3N3O3. The predicted molar refractivity (Wildman–Crippen MR) is 58.0 cm³/mol. The first-order chi connectivity index (χ1) is 8.77. The van der Waals surface area contributed by atoms with Crippen molar-refractivity contribution < 1.29 is 22.5 Å². The summed E-state index contributed by atoms with van der Waals surface area (Å²) in [4.78, 5) is 13.2. The number of aromatic nitrogens is 1. The third-order valence-corrected chi connectivity index (χ3v) is 2.26. The Hall–Kier alpha value is -2.58. The predicted octanol–water partition coefficient (Wildman–Crippen LogP) is 2.85. The van der Waals surface area contributed by atoms with E-state index in [2.05, 4.69) is 4.98 Å². The smallest absolute Gasteiger partial charge is 0.416 e. The van der Waals surface area contributed by atoms with Gasteiger partial charge in [-0.25, -0.2) is 4.98 Å². The second-order valence-electron chi connectivity index (χ2n) is 3.59. The van der Waals surface area contributed by atoms with Gasteiger partial charge in [0.15, 0.2) is 5.76 Å². The van der Waals surface area contributed by atoms with Crippen LogP contribution in [0.3, 0.4) is 0 Å². The van der Waals surface area contributed by atoms with Crippen LogP contribution in [0.25, 0.3) is 11.3 Å². The summed E-state index contributed by atoms with van der Waals surface area (Å²) in [5.74, 6) is -0.0771. The molecule has 1 aromatic carbocycles. The van der Waals surface area contributed by atoms with Crippen LogP contribution in [0, 0.1) is 10.1 Å². The largest absolute Gasteiger partial charge is 0.424 e. The molecule has 0 saturated heterocycles. The van der Waals surface area contributed by atoms with Crippen LogP contribution in [0.4, 0.5) is 24.9 Å². The molecule has 0 bridgehead atoms. The third kappa shape index (κ3) is 2.64. The highest BCUT2D eigenvalue weighted by Gasteiger charge is 2.33. The van der Waals surface area contributed by atoms with Gasteiger partial charge in [0.1, 0.15) is 0 Å². The molecule has 2 N–H and O–H groups in total. The van der Waals surface area contributed by atoms with Crippen molar-refractivity contribution in [1.29, 1.82) is 0 Å². The van der Waals surface area contributed by atoms with Crippen LogP contribution in [0.5, 0.6) is 0 Å². The lowest BCUT2D eigenvalue weighted by Gasteiger charge is -2.07. The van der Waals surface area contributed by atoms with Crippen LogP contribution < -0.4 is 5.73 Å². The molecule has 0 unspecified atom stereocenters. The maximum atomic E-state index is 12.6. The molecule has 1 aromatic heterocycles. The van der Waals surface area contributed by atoms with E-state index >= 15 is 0 Å². The van der Waals surface area contributed by atoms with Gasteiger partial charge in [0.05, 0.1) is 16.7 Å². The lowest BCUT2D eigenvalue weighted by Crippen LogP contribution is -2.06. The number of nitrogen functional groups attached to an aromatic ring is 1. The molecule has 0 aliphatic rings. The van der Waals surface area contributed by atoms with Gasteiger partial charge in [-0.1, -0.05) is 0 Å². The lowest BCUT2D eigenvalue weighted by atomic mass is 10.1. The highest BCUT2D eigenvalue weighted by Crippen LogP contribution is 2.35. The fourth-order valence-corrected chi connectivity index (χ4v) is 1.44. The van der Waals surface area contributed by atoms with Crippen LogP contribution in [-0.2, 0) is 6.18 Å². The maximum absolute atomic E-state index is 12.6. The zero-order valence-electron chi connectivity index (χ0n) is 9.14. The normalized spacial score (nSPS) is 11.5. The molecule has 0 radical (unpaired) electrons. The Bertz CT molecular complexity index is 636. The molecule has 0 fully saturated rings. The number of hydrogen-bond acceptors (Lipinski definition) is 5. The molecule has 0 atom stereocenters. The van der Waals surface area contributed by atoms with E-state index in [1.165, 1.54) is 0 Å². The zero-order valence-corrected chi connectivity index (χ0v) is 9.14. The minimum absolute atomic E-state index is 0.0771. The number of alkyl halides is 3. The Labute approximate surface area is 103 Å². The zero-order chi connectivity index (χ0) is 14.2. The number of rotatable bonds is 2. The van der Waals surface area contributed by atoms with E-state index in [0.29, 0.717) is 6.07 Å². The fraction of sp³-hybridized carbons (Fsp3) is 0.100. The summed E-state index contributed by atoms with van der Waals surface area (Å²) < 4.78 is 42.8. The van der Waals surface area contributed by atoms with E-state index in [1.54, 1.807) is 0 Å².